The Morgan fingerprint density at radius 2 is 1.85 bits per heavy atom. The summed E-state index contributed by atoms with van der Waals surface area (Å²) in [4.78, 5) is 13.9. The Balaban J connectivity index is 1.63. The van der Waals surface area contributed by atoms with Crippen LogP contribution in [0.15, 0.2) is 48.7 Å². The van der Waals surface area contributed by atoms with E-state index in [-0.39, 0.29) is 6.61 Å². The molecular weight excluding hydrogens is 349 g/mol. The summed E-state index contributed by atoms with van der Waals surface area (Å²) in [6, 6.07) is 10.1. The quantitative estimate of drug-likeness (QED) is 0.710. The maximum Gasteiger partial charge on any atom is 0.416 e. The maximum atomic E-state index is 12.5. The van der Waals surface area contributed by atoms with Gasteiger partial charge in [0.2, 0.25) is 0 Å². The smallest absolute Gasteiger partial charge is 0.416 e. The molecule has 0 fully saturated rings. The normalized spacial score (nSPS) is 11.5. The second-order valence-corrected chi connectivity index (χ2v) is 5.57. The van der Waals surface area contributed by atoms with Gasteiger partial charge in [-0.1, -0.05) is 6.07 Å². The monoisotopic (exact) mass is 364 g/mol. The van der Waals surface area contributed by atoms with E-state index < -0.39 is 17.8 Å². The second-order valence-electron chi connectivity index (χ2n) is 5.57. The van der Waals surface area contributed by atoms with Gasteiger partial charge in [-0.05, 0) is 42.0 Å². The Bertz CT molecular complexity index is 918. The van der Waals surface area contributed by atoms with Crippen molar-refractivity contribution in [1.29, 1.82) is 0 Å². The average molecular weight is 364 g/mol. The highest BCUT2D eigenvalue weighted by atomic mass is 19.4. The van der Waals surface area contributed by atoms with E-state index in [1.807, 2.05) is 18.2 Å². The van der Waals surface area contributed by atoms with Crippen LogP contribution in [0.5, 0.6) is 11.5 Å². The van der Waals surface area contributed by atoms with Crippen LogP contribution in [0.3, 0.4) is 0 Å². The van der Waals surface area contributed by atoms with Crippen molar-refractivity contribution < 1.29 is 27.4 Å². The number of hydrogen-bond acceptors (Lipinski definition) is 3. The molecule has 0 aliphatic heterocycles. The van der Waals surface area contributed by atoms with Crippen LogP contribution in [-0.4, -0.2) is 17.7 Å². The van der Waals surface area contributed by atoms with E-state index in [9.17, 15) is 18.0 Å². The number of ether oxygens (including phenoxy) is 2. The number of aromatic amines is 1. The van der Waals surface area contributed by atoms with Crippen molar-refractivity contribution in [3.8, 4) is 11.5 Å². The summed E-state index contributed by atoms with van der Waals surface area (Å²) >= 11 is 0. The van der Waals surface area contributed by atoms with E-state index in [0.717, 1.165) is 23.2 Å². The zero-order chi connectivity index (χ0) is 18.7. The lowest BCUT2D eigenvalue weighted by Crippen LogP contribution is -2.15. The summed E-state index contributed by atoms with van der Waals surface area (Å²) in [5.41, 5.74) is 6.01. The van der Waals surface area contributed by atoms with Gasteiger partial charge in [-0.3, -0.25) is 0 Å². The molecule has 0 aliphatic rings. The fourth-order valence-electron chi connectivity index (χ4n) is 2.52. The molecular formula is C18H15F3N2O3. The Labute approximate surface area is 146 Å². The standard InChI is InChI=1S/C18H15F3N2O3/c19-18(20,21)12-2-4-13(5-3-12)25-8-7-11-1-6-15-14(9-11)16(10-23-15)26-17(22)24/h1-6,9-10,23H,7-8H2,(H2,22,24). The number of aromatic nitrogens is 1. The lowest BCUT2D eigenvalue weighted by molar-refractivity contribution is -0.137. The molecule has 0 unspecified atom stereocenters. The highest BCUT2D eigenvalue weighted by molar-refractivity contribution is 5.88. The number of carbonyl (C=O) groups excluding carboxylic acids is 1. The van der Waals surface area contributed by atoms with Gasteiger partial charge >= 0.3 is 12.3 Å². The van der Waals surface area contributed by atoms with Crippen LogP contribution in [0.25, 0.3) is 10.9 Å². The van der Waals surface area contributed by atoms with Crippen LogP contribution < -0.4 is 15.2 Å². The fraction of sp³-hybridized carbons (Fsp3) is 0.167. The number of fused-ring (bicyclic) bond motifs is 1. The number of hydrogen-bond donors (Lipinski definition) is 2. The molecule has 0 radical (unpaired) electrons. The molecule has 1 aromatic heterocycles. The molecule has 0 atom stereocenters. The summed E-state index contributed by atoms with van der Waals surface area (Å²) in [6.45, 7) is 0.285. The van der Waals surface area contributed by atoms with Gasteiger partial charge < -0.3 is 20.2 Å². The van der Waals surface area contributed by atoms with Crippen LogP contribution >= 0.6 is 0 Å². The van der Waals surface area contributed by atoms with Gasteiger partial charge in [0.25, 0.3) is 0 Å². The predicted octanol–water partition coefficient (Wildman–Crippen LogP) is 4.27. The van der Waals surface area contributed by atoms with Gasteiger partial charge in [0.1, 0.15) is 5.75 Å². The number of benzene rings is 2. The molecule has 3 rings (SSSR count). The lowest BCUT2D eigenvalue weighted by atomic mass is 10.1. The fourth-order valence-corrected chi connectivity index (χ4v) is 2.52. The zero-order valence-corrected chi connectivity index (χ0v) is 13.5. The Morgan fingerprint density at radius 3 is 2.50 bits per heavy atom. The Morgan fingerprint density at radius 1 is 1.12 bits per heavy atom. The first-order valence-corrected chi connectivity index (χ1v) is 7.70. The van der Waals surface area contributed by atoms with E-state index in [0.29, 0.717) is 23.3 Å². The molecule has 0 saturated carbocycles. The van der Waals surface area contributed by atoms with Gasteiger partial charge in [0, 0.05) is 23.5 Å². The van der Waals surface area contributed by atoms with Crippen LogP contribution in [0.1, 0.15) is 11.1 Å². The lowest BCUT2D eigenvalue weighted by Gasteiger charge is -2.09. The molecule has 3 aromatic rings. The first kappa shape index (κ1) is 17.7. The third-order valence-corrected chi connectivity index (χ3v) is 3.76. The maximum absolute atomic E-state index is 12.5. The van der Waals surface area contributed by atoms with Crippen molar-refractivity contribution in [2.45, 2.75) is 12.6 Å². The zero-order valence-electron chi connectivity index (χ0n) is 13.5. The summed E-state index contributed by atoms with van der Waals surface area (Å²) in [6.07, 6.45) is -3.20. The molecule has 0 aliphatic carbocycles. The van der Waals surface area contributed by atoms with Crippen LogP contribution in [-0.2, 0) is 12.6 Å². The number of halogens is 3. The van der Waals surface area contributed by atoms with Crippen LogP contribution in [0.2, 0.25) is 0 Å². The van der Waals surface area contributed by atoms with Crippen molar-refractivity contribution in [2.75, 3.05) is 6.61 Å². The Hall–Kier alpha value is -3.16. The van der Waals surface area contributed by atoms with Crippen molar-refractivity contribution in [1.82, 2.24) is 4.98 Å². The van der Waals surface area contributed by atoms with Gasteiger partial charge in [-0.2, -0.15) is 13.2 Å². The summed E-state index contributed by atoms with van der Waals surface area (Å²) in [7, 11) is 0. The summed E-state index contributed by atoms with van der Waals surface area (Å²) in [5.74, 6) is 0.691. The van der Waals surface area contributed by atoms with Crippen LogP contribution in [0.4, 0.5) is 18.0 Å². The highest BCUT2D eigenvalue weighted by Gasteiger charge is 2.29. The minimum Gasteiger partial charge on any atom is -0.493 e. The van der Waals surface area contributed by atoms with E-state index in [1.54, 1.807) is 0 Å². The summed E-state index contributed by atoms with van der Waals surface area (Å²) in [5, 5.41) is 0.704. The Kier molecular flexibility index (Phi) is 4.75. The third-order valence-electron chi connectivity index (χ3n) is 3.76. The van der Waals surface area contributed by atoms with Gasteiger partial charge in [0.05, 0.1) is 12.2 Å². The largest absolute Gasteiger partial charge is 0.493 e. The van der Waals surface area contributed by atoms with Crippen molar-refractivity contribution in [3.63, 3.8) is 0 Å². The summed E-state index contributed by atoms with van der Waals surface area (Å²) < 4.78 is 48.0. The van der Waals surface area contributed by atoms with Crippen molar-refractivity contribution in [3.05, 3.63) is 59.8 Å². The van der Waals surface area contributed by atoms with Crippen molar-refractivity contribution >= 4 is 17.0 Å². The minimum absolute atomic E-state index is 0.285. The number of carbonyl (C=O) groups is 1. The first-order chi connectivity index (χ1) is 12.3. The molecule has 5 nitrogen and oxygen atoms in total. The molecule has 26 heavy (non-hydrogen) atoms. The van der Waals surface area contributed by atoms with E-state index in [4.69, 9.17) is 15.2 Å². The molecule has 2 aromatic carbocycles. The first-order valence-electron chi connectivity index (χ1n) is 7.70. The third kappa shape index (κ3) is 4.08. The minimum atomic E-state index is -4.37. The molecule has 1 heterocycles. The number of primary amides is 1. The van der Waals surface area contributed by atoms with Gasteiger partial charge in [-0.15, -0.1) is 0 Å². The molecule has 3 N–H and O–H groups in total. The van der Waals surface area contributed by atoms with E-state index in [1.165, 1.54) is 18.3 Å². The highest BCUT2D eigenvalue weighted by Crippen LogP contribution is 2.30. The number of alkyl halides is 3. The topological polar surface area (TPSA) is 77.3 Å². The van der Waals surface area contributed by atoms with Gasteiger partial charge in [-0.25, -0.2) is 4.79 Å². The van der Waals surface area contributed by atoms with Gasteiger partial charge in [0.15, 0.2) is 5.75 Å². The number of nitrogens with one attached hydrogen (secondary N) is 1. The molecule has 136 valence electrons. The molecule has 0 spiro atoms. The number of amides is 1. The molecule has 1 amide bonds. The van der Waals surface area contributed by atoms with E-state index in [2.05, 4.69) is 4.98 Å². The van der Waals surface area contributed by atoms with E-state index >= 15 is 0 Å². The van der Waals surface area contributed by atoms with Crippen molar-refractivity contribution in [2.24, 2.45) is 5.73 Å². The number of H-pyrrole nitrogens is 1. The van der Waals surface area contributed by atoms with Crippen LogP contribution in [0, 0.1) is 0 Å². The SMILES string of the molecule is NC(=O)Oc1c[nH]c2ccc(CCOc3ccc(C(F)(F)F)cc3)cc12. The molecule has 0 saturated heterocycles. The number of rotatable bonds is 5. The molecule has 8 heteroatoms. The number of nitrogens with two attached hydrogens (primary N) is 1. The predicted molar refractivity (Wildman–Crippen MR) is 89.2 cm³/mol. The molecule has 0 bridgehead atoms. The second kappa shape index (κ2) is 6.99. The average Bonchev–Trinajstić information content (AvgIpc) is 2.96.